The summed E-state index contributed by atoms with van der Waals surface area (Å²) in [5.41, 5.74) is -0.132. The Morgan fingerprint density at radius 1 is 1.21 bits per heavy atom. The molecule has 0 aliphatic rings. The summed E-state index contributed by atoms with van der Waals surface area (Å²) in [5, 5.41) is 2.46. The van der Waals surface area contributed by atoms with Crippen LogP contribution in [0.3, 0.4) is 0 Å². The van der Waals surface area contributed by atoms with E-state index in [0.717, 1.165) is 12.1 Å². The highest BCUT2D eigenvalue weighted by molar-refractivity contribution is 7.91. The monoisotopic (exact) mass is 352 g/mol. The third-order valence-corrected chi connectivity index (χ3v) is 5.16. The van der Waals surface area contributed by atoms with Gasteiger partial charge in [0.2, 0.25) is 0 Å². The molecule has 1 aromatic heterocycles. The van der Waals surface area contributed by atoms with E-state index in [2.05, 4.69) is 5.32 Å². The number of sulfone groups is 1. The molecule has 6 nitrogen and oxygen atoms in total. The normalized spacial score (nSPS) is 11.2. The number of nitrogens with zero attached hydrogens (tertiary/aromatic N) is 1. The minimum absolute atomic E-state index is 0.0105. The zero-order valence-corrected chi connectivity index (χ0v) is 13.8. The van der Waals surface area contributed by atoms with E-state index in [1.165, 1.54) is 35.0 Å². The fraction of sp³-hybridized carbons (Fsp3) is 0.250. The van der Waals surface area contributed by atoms with Crippen LogP contribution in [0.4, 0.5) is 4.39 Å². The molecule has 0 aliphatic carbocycles. The predicted molar refractivity (Wildman–Crippen MR) is 87.2 cm³/mol. The average Bonchev–Trinajstić information content (AvgIpc) is 2.55. The van der Waals surface area contributed by atoms with E-state index in [1.54, 1.807) is 6.92 Å². The lowest BCUT2D eigenvalue weighted by Gasteiger charge is -2.07. The predicted octanol–water partition coefficient (Wildman–Crippen LogP) is 1.21. The lowest BCUT2D eigenvalue weighted by atomic mass is 10.2. The largest absolute Gasteiger partial charge is 0.351 e. The summed E-state index contributed by atoms with van der Waals surface area (Å²) in [5.74, 6) is -1.37. The second-order valence-corrected chi connectivity index (χ2v) is 7.18. The molecule has 8 heteroatoms. The molecule has 1 N–H and O–H groups in total. The molecule has 0 saturated carbocycles. The van der Waals surface area contributed by atoms with Crippen LogP contribution in [0.25, 0.3) is 0 Å². The van der Waals surface area contributed by atoms with Gasteiger partial charge in [0.15, 0.2) is 9.84 Å². The first-order valence-electron chi connectivity index (χ1n) is 7.30. The number of rotatable bonds is 6. The fourth-order valence-corrected chi connectivity index (χ4v) is 3.23. The smallest absolute Gasteiger partial charge is 0.251 e. The highest BCUT2D eigenvalue weighted by atomic mass is 32.2. The van der Waals surface area contributed by atoms with Crippen molar-refractivity contribution in [2.45, 2.75) is 18.4 Å². The summed E-state index contributed by atoms with van der Waals surface area (Å²) in [7, 11) is -3.62. The maximum atomic E-state index is 12.8. The first-order valence-corrected chi connectivity index (χ1v) is 8.96. The van der Waals surface area contributed by atoms with Gasteiger partial charge in [-0.2, -0.15) is 0 Å². The van der Waals surface area contributed by atoms with Gasteiger partial charge in [-0.25, -0.2) is 12.8 Å². The number of aromatic nitrogens is 1. The molecule has 1 amide bonds. The van der Waals surface area contributed by atoms with Crippen LogP contribution in [0.2, 0.25) is 0 Å². The first-order chi connectivity index (χ1) is 11.3. The van der Waals surface area contributed by atoms with Crippen LogP contribution < -0.4 is 10.9 Å². The SMILES string of the molecule is CCn1ccc(C(=O)NCCS(=O)(=O)c2ccc(F)cc2)cc1=O. The van der Waals surface area contributed by atoms with Gasteiger partial charge in [0.05, 0.1) is 10.6 Å². The molecule has 0 fully saturated rings. The Morgan fingerprint density at radius 3 is 2.46 bits per heavy atom. The van der Waals surface area contributed by atoms with E-state index in [9.17, 15) is 22.4 Å². The van der Waals surface area contributed by atoms with E-state index < -0.39 is 21.6 Å². The summed E-state index contributed by atoms with van der Waals surface area (Å²) in [6.45, 7) is 2.19. The number of amides is 1. The molecule has 0 radical (unpaired) electrons. The van der Waals surface area contributed by atoms with Crippen LogP contribution in [0.5, 0.6) is 0 Å². The molecule has 1 aromatic carbocycles. The molecule has 1 heterocycles. The summed E-state index contributed by atoms with van der Waals surface area (Å²) in [4.78, 5) is 23.6. The van der Waals surface area contributed by atoms with Gasteiger partial charge in [0, 0.05) is 30.9 Å². The number of pyridine rings is 1. The first kappa shape index (κ1) is 17.9. The van der Waals surface area contributed by atoms with Crippen molar-refractivity contribution in [1.82, 2.24) is 9.88 Å². The molecule has 0 bridgehead atoms. The van der Waals surface area contributed by atoms with E-state index in [1.807, 2.05) is 0 Å². The number of carbonyl (C=O) groups excluding carboxylic acids is 1. The molecular formula is C16H17FN2O4S. The molecule has 0 spiro atoms. The Balaban J connectivity index is 1.98. The summed E-state index contributed by atoms with van der Waals surface area (Å²) in [6.07, 6.45) is 1.51. The number of aryl methyl sites for hydroxylation is 1. The van der Waals surface area contributed by atoms with Crippen LogP contribution in [-0.2, 0) is 16.4 Å². The second kappa shape index (κ2) is 7.39. The Hall–Kier alpha value is -2.48. The highest BCUT2D eigenvalue weighted by Gasteiger charge is 2.15. The summed E-state index contributed by atoms with van der Waals surface area (Å²) < 4.78 is 38.4. The third kappa shape index (κ3) is 4.29. The standard InChI is InChI=1S/C16H17FN2O4S/c1-2-19-9-7-12(11-15(19)20)16(21)18-8-10-24(22,23)14-5-3-13(17)4-6-14/h3-7,9,11H,2,8,10H2,1H3,(H,18,21). The van der Waals surface area contributed by atoms with Crippen molar-refractivity contribution >= 4 is 15.7 Å². The van der Waals surface area contributed by atoms with Crippen LogP contribution >= 0.6 is 0 Å². The zero-order valence-electron chi connectivity index (χ0n) is 13.0. The van der Waals surface area contributed by atoms with E-state index in [0.29, 0.717) is 6.54 Å². The minimum Gasteiger partial charge on any atom is -0.351 e. The lowest BCUT2D eigenvalue weighted by Crippen LogP contribution is -2.30. The maximum Gasteiger partial charge on any atom is 0.251 e. The van der Waals surface area contributed by atoms with Gasteiger partial charge in [-0.05, 0) is 37.3 Å². The number of benzene rings is 1. The number of carbonyl (C=O) groups is 1. The zero-order chi connectivity index (χ0) is 17.7. The molecule has 128 valence electrons. The van der Waals surface area contributed by atoms with Crippen molar-refractivity contribution in [2.75, 3.05) is 12.3 Å². The Morgan fingerprint density at radius 2 is 1.88 bits per heavy atom. The molecule has 2 rings (SSSR count). The van der Waals surface area contributed by atoms with Crippen molar-refractivity contribution in [3.63, 3.8) is 0 Å². The molecule has 24 heavy (non-hydrogen) atoms. The quantitative estimate of drug-likeness (QED) is 0.792. The van der Waals surface area contributed by atoms with Crippen molar-refractivity contribution < 1.29 is 17.6 Å². The van der Waals surface area contributed by atoms with Gasteiger partial charge in [0.1, 0.15) is 5.82 Å². The molecule has 0 unspecified atom stereocenters. The number of hydrogen-bond acceptors (Lipinski definition) is 4. The van der Waals surface area contributed by atoms with Crippen molar-refractivity contribution in [1.29, 1.82) is 0 Å². The molecule has 0 atom stereocenters. The number of nitrogens with one attached hydrogen (secondary N) is 1. The Bertz CT molecular complexity index is 889. The van der Waals surface area contributed by atoms with Crippen LogP contribution in [0.1, 0.15) is 17.3 Å². The van der Waals surface area contributed by atoms with Gasteiger partial charge in [-0.1, -0.05) is 0 Å². The van der Waals surface area contributed by atoms with Gasteiger partial charge in [0.25, 0.3) is 11.5 Å². The molecular weight excluding hydrogens is 335 g/mol. The minimum atomic E-state index is -3.62. The number of hydrogen-bond donors (Lipinski definition) is 1. The average molecular weight is 352 g/mol. The highest BCUT2D eigenvalue weighted by Crippen LogP contribution is 2.11. The van der Waals surface area contributed by atoms with Crippen molar-refractivity contribution in [3.05, 3.63) is 64.3 Å². The van der Waals surface area contributed by atoms with Crippen molar-refractivity contribution in [3.8, 4) is 0 Å². The Kier molecular flexibility index (Phi) is 5.50. The Labute approximate surface area is 138 Å². The van der Waals surface area contributed by atoms with E-state index in [4.69, 9.17) is 0 Å². The molecule has 2 aromatic rings. The van der Waals surface area contributed by atoms with E-state index >= 15 is 0 Å². The van der Waals surface area contributed by atoms with Gasteiger partial charge < -0.3 is 9.88 Å². The van der Waals surface area contributed by atoms with Crippen LogP contribution in [0.15, 0.2) is 52.3 Å². The van der Waals surface area contributed by atoms with Crippen LogP contribution in [-0.4, -0.2) is 31.2 Å². The maximum absolute atomic E-state index is 12.8. The summed E-state index contributed by atoms with van der Waals surface area (Å²) >= 11 is 0. The fourth-order valence-electron chi connectivity index (χ4n) is 2.07. The molecule has 0 aliphatic heterocycles. The van der Waals surface area contributed by atoms with Gasteiger partial charge in [-0.3, -0.25) is 9.59 Å². The lowest BCUT2D eigenvalue weighted by molar-refractivity contribution is 0.0956. The van der Waals surface area contributed by atoms with Crippen LogP contribution in [0, 0.1) is 5.82 Å². The van der Waals surface area contributed by atoms with Gasteiger partial charge >= 0.3 is 0 Å². The second-order valence-electron chi connectivity index (χ2n) is 5.07. The molecule has 0 saturated heterocycles. The van der Waals surface area contributed by atoms with E-state index in [-0.39, 0.29) is 28.3 Å². The van der Waals surface area contributed by atoms with Gasteiger partial charge in [-0.15, -0.1) is 0 Å². The topological polar surface area (TPSA) is 85.2 Å². The summed E-state index contributed by atoms with van der Waals surface area (Å²) in [6, 6.07) is 7.18. The van der Waals surface area contributed by atoms with Crippen molar-refractivity contribution in [2.24, 2.45) is 0 Å². The third-order valence-electron chi connectivity index (χ3n) is 3.43. The number of halogens is 1.